The van der Waals surface area contributed by atoms with Gasteiger partial charge in [0.25, 0.3) is 11.5 Å². The Morgan fingerprint density at radius 3 is 2.74 bits per heavy atom. The van der Waals surface area contributed by atoms with Gasteiger partial charge in [0.1, 0.15) is 23.5 Å². The number of H-pyrrole nitrogens is 1. The van der Waals surface area contributed by atoms with Gasteiger partial charge in [-0.05, 0) is 62.1 Å². The Morgan fingerprint density at radius 1 is 1.37 bits per heavy atom. The summed E-state index contributed by atoms with van der Waals surface area (Å²) >= 11 is 6.17. The monoisotopic (exact) mass is 390 g/mol. The maximum absolute atomic E-state index is 12.6. The van der Waals surface area contributed by atoms with Gasteiger partial charge in [0.15, 0.2) is 0 Å². The SMILES string of the molecule is Cc1cc(OCC2(O)CCCN(C(=O)c3ccc[nH]c3=O)C2)cc(C)c1Cl. The number of aliphatic hydroxyl groups is 1. The maximum atomic E-state index is 12.6. The predicted octanol–water partition coefficient (Wildman–Crippen LogP) is 2.69. The molecular formula is C20H23ClN2O4. The number of ether oxygens (including phenoxy) is 1. The van der Waals surface area contributed by atoms with Gasteiger partial charge in [-0.1, -0.05) is 11.6 Å². The Hall–Kier alpha value is -2.31. The molecule has 2 aromatic rings. The van der Waals surface area contributed by atoms with Crippen molar-refractivity contribution in [3.05, 3.63) is 62.5 Å². The summed E-state index contributed by atoms with van der Waals surface area (Å²) in [5.74, 6) is 0.249. The van der Waals surface area contributed by atoms with E-state index in [1.54, 1.807) is 6.07 Å². The van der Waals surface area contributed by atoms with Gasteiger partial charge >= 0.3 is 0 Å². The molecule has 1 atom stereocenters. The Balaban J connectivity index is 1.70. The molecule has 0 spiro atoms. The van der Waals surface area contributed by atoms with Crippen LogP contribution >= 0.6 is 11.6 Å². The lowest BCUT2D eigenvalue weighted by Gasteiger charge is -2.38. The van der Waals surface area contributed by atoms with Crippen LogP contribution in [-0.2, 0) is 0 Å². The van der Waals surface area contributed by atoms with E-state index in [1.807, 2.05) is 26.0 Å². The fourth-order valence-electron chi connectivity index (χ4n) is 3.37. The summed E-state index contributed by atoms with van der Waals surface area (Å²) in [6.45, 7) is 4.47. The molecule has 144 valence electrons. The minimum Gasteiger partial charge on any atom is -0.491 e. The van der Waals surface area contributed by atoms with Crippen molar-refractivity contribution in [1.82, 2.24) is 9.88 Å². The Kier molecular flexibility index (Phi) is 5.58. The average Bonchev–Trinajstić information content (AvgIpc) is 2.64. The highest BCUT2D eigenvalue weighted by atomic mass is 35.5. The highest BCUT2D eigenvalue weighted by Gasteiger charge is 2.36. The second kappa shape index (κ2) is 7.74. The minimum absolute atomic E-state index is 0.0580. The zero-order valence-electron chi connectivity index (χ0n) is 15.4. The third-order valence-electron chi connectivity index (χ3n) is 4.81. The number of piperidine rings is 1. The molecule has 1 aromatic heterocycles. The number of β-amino-alcohol motifs (C(OH)–C–C–N with tert-alkyl or cyclic N) is 1. The number of carbonyl (C=O) groups excluding carboxylic acids is 1. The minimum atomic E-state index is -1.17. The zero-order valence-corrected chi connectivity index (χ0v) is 16.2. The van der Waals surface area contributed by atoms with Crippen molar-refractivity contribution >= 4 is 17.5 Å². The molecule has 1 aliphatic heterocycles. The van der Waals surface area contributed by atoms with Crippen molar-refractivity contribution in [2.24, 2.45) is 0 Å². The molecule has 1 unspecified atom stereocenters. The summed E-state index contributed by atoms with van der Waals surface area (Å²) in [6, 6.07) is 6.76. The van der Waals surface area contributed by atoms with Crippen LogP contribution < -0.4 is 10.3 Å². The van der Waals surface area contributed by atoms with Gasteiger partial charge in [-0.2, -0.15) is 0 Å². The summed E-state index contributed by atoms with van der Waals surface area (Å²) in [7, 11) is 0. The number of halogens is 1. The molecule has 27 heavy (non-hydrogen) atoms. The molecule has 1 amide bonds. The van der Waals surface area contributed by atoms with Crippen LogP contribution in [0.25, 0.3) is 0 Å². The molecule has 7 heteroatoms. The number of rotatable bonds is 4. The fraction of sp³-hybridized carbons (Fsp3) is 0.400. The van der Waals surface area contributed by atoms with Crippen molar-refractivity contribution in [3.63, 3.8) is 0 Å². The lowest BCUT2D eigenvalue weighted by atomic mass is 9.93. The number of hydrogen-bond acceptors (Lipinski definition) is 4. The third kappa shape index (κ3) is 4.34. The molecular weight excluding hydrogens is 368 g/mol. The van der Waals surface area contributed by atoms with Gasteiger partial charge in [-0.15, -0.1) is 0 Å². The number of nitrogens with one attached hydrogen (secondary N) is 1. The van der Waals surface area contributed by atoms with Crippen LogP contribution in [0, 0.1) is 13.8 Å². The summed E-state index contributed by atoms with van der Waals surface area (Å²) < 4.78 is 5.81. The zero-order chi connectivity index (χ0) is 19.6. The molecule has 0 radical (unpaired) electrons. The van der Waals surface area contributed by atoms with Crippen LogP contribution in [-0.4, -0.2) is 46.2 Å². The van der Waals surface area contributed by atoms with Gasteiger partial charge < -0.3 is 19.7 Å². The van der Waals surface area contributed by atoms with Gasteiger partial charge in [-0.25, -0.2) is 0 Å². The van der Waals surface area contributed by atoms with Crippen LogP contribution in [0.2, 0.25) is 5.02 Å². The molecule has 6 nitrogen and oxygen atoms in total. The predicted molar refractivity (Wildman–Crippen MR) is 104 cm³/mol. The number of hydrogen-bond donors (Lipinski definition) is 2. The smallest absolute Gasteiger partial charge is 0.260 e. The number of aromatic amines is 1. The van der Waals surface area contributed by atoms with E-state index in [0.717, 1.165) is 11.1 Å². The molecule has 2 heterocycles. The lowest BCUT2D eigenvalue weighted by molar-refractivity contribution is -0.0532. The standard InChI is InChI=1S/C20H23ClN2O4/c1-13-9-15(10-14(2)17(13)21)27-12-20(26)6-4-8-23(11-20)19(25)16-5-3-7-22-18(16)24/h3,5,7,9-10,26H,4,6,8,11-12H2,1-2H3,(H,22,24). The van der Waals surface area contributed by atoms with E-state index < -0.39 is 11.2 Å². The molecule has 1 aliphatic rings. The average molecular weight is 391 g/mol. The van der Waals surface area contributed by atoms with Gasteiger partial charge in [0.2, 0.25) is 0 Å². The van der Waals surface area contributed by atoms with Crippen LogP contribution in [0.1, 0.15) is 34.3 Å². The molecule has 0 saturated carbocycles. The maximum Gasteiger partial charge on any atom is 0.260 e. The lowest BCUT2D eigenvalue weighted by Crippen LogP contribution is -2.53. The molecule has 0 aliphatic carbocycles. The Morgan fingerprint density at radius 2 is 2.07 bits per heavy atom. The van der Waals surface area contributed by atoms with Crippen molar-refractivity contribution < 1.29 is 14.6 Å². The first-order valence-electron chi connectivity index (χ1n) is 8.88. The number of amides is 1. The van der Waals surface area contributed by atoms with Crippen LogP contribution in [0.4, 0.5) is 0 Å². The van der Waals surface area contributed by atoms with E-state index in [4.69, 9.17) is 16.3 Å². The number of benzene rings is 1. The third-order valence-corrected chi connectivity index (χ3v) is 5.40. The van der Waals surface area contributed by atoms with E-state index in [0.29, 0.717) is 30.2 Å². The highest BCUT2D eigenvalue weighted by molar-refractivity contribution is 6.32. The first kappa shape index (κ1) is 19.5. The molecule has 1 fully saturated rings. The van der Waals surface area contributed by atoms with E-state index in [9.17, 15) is 14.7 Å². The highest BCUT2D eigenvalue weighted by Crippen LogP contribution is 2.28. The summed E-state index contributed by atoms with van der Waals surface area (Å²) in [4.78, 5) is 28.5. The van der Waals surface area contributed by atoms with E-state index in [2.05, 4.69) is 4.98 Å². The first-order chi connectivity index (χ1) is 12.8. The van der Waals surface area contributed by atoms with E-state index in [1.165, 1.54) is 17.2 Å². The van der Waals surface area contributed by atoms with Crippen molar-refractivity contribution in [1.29, 1.82) is 0 Å². The topological polar surface area (TPSA) is 82.6 Å². The summed E-state index contributed by atoms with van der Waals surface area (Å²) in [5.41, 5.74) is 0.285. The molecule has 3 rings (SSSR count). The molecule has 0 bridgehead atoms. The number of aryl methyl sites for hydroxylation is 2. The number of likely N-dealkylation sites (tertiary alicyclic amines) is 1. The first-order valence-corrected chi connectivity index (χ1v) is 9.26. The normalized spacial score (nSPS) is 19.8. The number of nitrogens with zero attached hydrogens (tertiary/aromatic N) is 1. The van der Waals surface area contributed by atoms with Crippen LogP contribution in [0.3, 0.4) is 0 Å². The molecule has 1 saturated heterocycles. The second-order valence-electron chi connectivity index (χ2n) is 7.13. The quantitative estimate of drug-likeness (QED) is 0.840. The van der Waals surface area contributed by atoms with Crippen LogP contribution in [0.15, 0.2) is 35.3 Å². The van der Waals surface area contributed by atoms with Gasteiger partial charge in [0, 0.05) is 17.8 Å². The molecule has 1 aromatic carbocycles. The number of aromatic nitrogens is 1. The van der Waals surface area contributed by atoms with Gasteiger partial charge in [0.05, 0.1) is 6.54 Å². The van der Waals surface area contributed by atoms with Crippen molar-refractivity contribution in [3.8, 4) is 5.75 Å². The second-order valence-corrected chi connectivity index (χ2v) is 7.51. The Labute approximate surface area is 162 Å². The van der Waals surface area contributed by atoms with Gasteiger partial charge in [-0.3, -0.25) is 9.59 Å². The molecule has 2 N–H and O–H groups in total. The largest absolute Gasteiger partial charge is 0.491 e. The number of carbonyl (C=O) groups is 1. The van der Waals surface area contributed by atoms with Crippen LogP contribution in [0.5, 0.6) is 5.75 Å². The fourth-order valence-corrected chi connectivity index (χ4v) is 3.48. The van der Waals surface area contributed by atoms with Crippen molar-refractivity contribution in [2.75, 3.05) is 19.7 Å². The summed E-state index contributed by atoms with van der Waals surface area (Å²) in [6.07, 6.45) is 2.64. The Bertz CT molecular complexity index is 888. The van der Waals surface area contributed by atoms with E-state index >= 15 is 0 Å². The van der Waals surface area contributed by atoms with E-state index in [-0.39, 0.29) is 24.6 Å². The summed E-state index contributed by atoms with van der Waals surface area (Å²) in [5, 5.41) is 11.6. The number of pyridine rings is 1. The van der Waals surface area contributed by atoms with Crippen molar-refractivity contribution in [2.45, 2.75) is 32.3 Å².